The summed E-state index contributed by atoms with van der Waals surface area (Å²) in [6.45, 7) is 1.13. The first-order chi connectivity index (χ1) is 26.0. The number of ether oxygens (including phenoxy) is 3. The van der Waals surface area contributed by atoms with Gasteiger partial charge in [-0.05, 0) is 70.4 Å². The van der Waals surface area contributed by atoms with Gasteiger partial charge in [-0.2, -0.15) is 13.2 Å². The smallest absolute Gasteiger partial charge is 0.438 e. The van der Waals surface area contributed by atoms with E-state index in [4.69, 9.17) is 14.2 Å². The number of nitrogens with one attached hydrogen (secondary N) is 3. The number of hydrogen-bond donors (Lipinski definition) is 3. The largest absolute Gasteiger partial charge is 0.497 e. The first kappa shape index (κ1) is 38.6. The first-order valence-corrected chi connectivity index (χ1v) is 19.9. The average molecular weight is 793 g/mol. The predicted molar refractivity (Wildman–Crippen MR) is 188 cm³/mol. The van der Waals surface area contributed by atoms with Crippen LogP contribution in [0.1, 0.15) is 83.2 Å². The van der Waals surface area contributed by atoms with Crippen molar-refractivity contribution in [1.29, 1.82) is 0 Å². The van der Waals surface area contributed by atoms with Crippen molar-refractivity contribution in [2.24, 2.45) is 5.92 Å². The molecule has 3 N–H and O–H groups in total. The number of rotatable bonds is 8. The third-order valence-electron chi connectivity index (χ3n) is 11.0. The molecule has 55 heavy (non-hydrogen) atoms. The molecule has 3 heterocycles. The summed E-state index contributed by atoms with van der Waals surface area (Å²) in [4.78, 5) is 64.2. The Hall–Kier alpha value is -4.68. The fourth-order valence-corrected chi connectivity index (χ4v) is 8.34. The normalized spacial score (nSPS) is 28.7. The van der Waals surface area contributed by atoms with Gasteiger partial charge in [0.05, 0.1) is 29.4 Å². The number of sulfonamides is 1. The van der Waals surface area contributed by atoms with E-state index >= 15 is 0 Å². The molecule has 0 bridgehead atoms. The quantitative estimate of drug-likeness (QED) is 0.330. The van der Waals surface area contributed by atoms with Crippen LogP contribution in [0.3, 0.4) is 0 Å². The molecule has 4 fully saturated rings. The highest BCUT2D eigenvalue weighted by atomic mass is 32.2. The van der Waals surface area contributed by atoms with Crippen molar-refractivity contribution in [3.8, 4) is 11.6 Å². The summed E-state index contributed by atoms with van der Waals surface area (Å²) in [6.07, 6.45) is 0.866. The summed E-state index contributed by atoms with van der Waals surface area (Å²) in [6, 6.07) is 1.58. The van der Waals surface area contributed by atoms with Gasteiger partial charge in [-0.25, -0.2) is 23.2 Å². The molecular formula is C36H43F3N6O9S. The Kier molecular flexibility index (Phi) is 10.1. The number of carbonyl (C=O) groups is 4. The lowest BCUT2D eigenvalue weighted by Gasteiger charge is -2.29. The third kappa shape index (κ3) is 8.16. The van der Waals surface area contributed by atoms with Crippen LogP contribution < -0.4 is 24.8 Å². The van der Waals surface area contributed by atoms with Crippen LogP contribution in [0.15, 0.2) is 30.4 Å². The second-order valence-electron chi connectivity index (χ2n) is 15.2. The molecule has 2 aliphatic heterocycles. The van der Waals surface area contributed by atoms with E-state index in [1.165, 1.54) is 32.2 Å². The van der Waals surface area contributed by atoms with Gasteiger partial charge in [-0.3, -0.25) is 19.1 Å². The molecule has 19 heteroatoms. The van der Waals surface area contributed by atoms with Gasteiger partial charge in [0.2, 0.25) is 33.4 Å². The van der Waals surface area contributed by atoms with E-state index in [0.717, 1.165) is 4.90 Å². The zero-order valence-electron chi connectivity index (χ0n) is 30.3. The van der Waals surface area contributed by atoms with Crippen molar-refractivity contribution in [2.45, 2.75) is 118 Å². The van der Waals surface area contributed by atoms with Crippen molar-refractivity contribution in [2.75, 3.05) is 13.7 Å². The molecule has 1 unspecified atom stereocenters. The average Bonchev–Trinajstić information content (AvgIpc) is 4.08. The Balaban J connectivity index is 1.21. The standard InChI is InChI=1S/C36H43F3N6O9S/c1-34(14-15-34)55(50,51)44-32(48)35-18-20(35)8-6-4-3-5-7-9-25(42-33(49)54-21-10-11-21)31(47)45-19-23(17-27(45)29(46)43-35)53-30-28(36(37,38)39)40-24-13-12-22(52-2)16-26(24)41-30/h6,8,12-13,16,20-21,23,25,27H,3-5,7,9-11,14-15,17-19H2,1-2H3,(H,42,49)(H,43,46)(H,44,48)/b8-6-/t20?,23-,25+,27+,35-/m1/s1. The molecule has 5 atom stereocenters. The van der Waals surface area contributed by atoms with Crippen molar-refractivity contribution >= 4 is 44.9 Å². The lowest BCUT2D eigenvalue weighted by molar-refractivity contribution is -0.143. The van der Waals surface area contributed by atoms with Gasteiger partial charge in [-0.15, -0.1) is 0 Å². The first-order valence-electron chi connectivity index (χ1n) is 18.4. The number of carbonyl (C=O) groups excluding carboxylic acids is 4. The Bertz CT molecular complexity index is 2020. The number of benzene rings is 1. The maximum atomic E-state index is 14.4. The fraction of sp³-hybridized carbons (Fsp3) is 0.611. The highest BCUT2D eigenvalue weighted by Gasteiger charge is 2.63. The Labute approximate surface area is 315 Å². The van der Waals surface area contributed by atoms with Gasteiger partial charge in [0.15, 0.2) is 0 Å². The van der Waals surface area contributed by atoms with E-state index in [0.29, 0.717) is 57.1 Å². The minimum atomic E-state index is -4.99. The van der Waals surface area contributed by atoms with Crippen LogP contribution in [0.2, 0.25) is 0 Å². The van der Waals surface area contributed by atoms with Crippen molar-refractivity contribution in [3.05, 3.63) is 36.0 Å². The van der Waals surface area contributed by atoms with E-state index in [9.17, 15) is 40.8 Å². The number of alkyl halides is 3. The van der Waals surface area contributed by atoms with E-state index in [1.807, 2.05) is 6.08 Å². The lowest BCUT2D eigenvalue weighted by atomic mass is 10.1. The number of methoxy groups -OCH3 is 1. The number of allylic oxidation sites excluding steroid dienone is 1. The summed E-state index contributed by atoms with van der Waals surface area (Å²) in [5.74, 6) is -3.60. The molecular weight excluding hydrogens is 749 g/mol. The molecule has 0 spiro atoms. The number of nitrogens with zero attached hydrogens (tertiary/aromatic N) is 3. The van der Waals surface area contributed by atoms with E-state index in [-0.39, 0.29) is 36.4 Å². The Morgan fingerprint density at radius 3 is 2.49 bits per heavy atom. The summed E-state index contributed by atoms with van der Waals surface area (Å²) in [5, 5.41) is 5.34. The monoisotopic (exact) mass is 792 g/mol. The SMILES string of the molecule is COc1ccc2nc(C(F)(F)F)c(O[C@@H]3C[C@H]4C(=O)N[C@]5(C(=O)NS(=O)(=O)C6(C)CC6)CC5/C=C\CCCCC[C@H](NC(=O)OC5CC5)C(=O)N4C3)nc2c1. The number of halogens is 3. The van der Waals surface area contributed by atoms with Crippen LogP contribution in [0.25, 0.3) is 11.0 Å². The summed E-state index contributed by atoms with van der Waals surface area (Å²) in [7, 11) is -2.70. The Morgan fingerprint density at radius 2 is 1.80 bits per heavy atom. The van der Waals surface area contributed by atoms with Gasteiger partial charge in [-0.1, -0.05) is 25.0 Å². The number of hydrogen-bond acceptors (Lipinski definition) is 11. The molecule has 3 saturated carbocycles. The number of fused-ring (bicyclic) bond motifs is 3. The minimum Gasteiger partial charge on any atom is -0.497 e. The highest BCUT2D eigenvalue weighted by molar-refractivity contribution is 7.91. The molecule has 5 aliphatic rings. The fourth-order valence-electron chi connectivity index (χ4n) is 7.03. The molecule has 7 rings (SSSR count). The molecule has 1 aromatic heterocycles. The molecule has 1 saturated heterocycles. The van der Waals surface area contributed by atoms with Crippen LogP contribution in [-0.4, -0.2) is 95.3 Å². The van der Waals surface area contributed by atoms with Gasteiger partial charge in [0.1, 0.15) is 35.6 Å². The van der Waals surface area contributed by atoms with Crippen LogP contribution >= 0.6 is 0 Å². The van der Waals surface area contributed by atoms with Crippen molar-refractivity contribution in [1.82, 2.24) is 30.2 Å². The second-order valence-corrected chi connectivity index (χ2v) is 17.4. The Morgan fingerprint density at radius 1 is 1.04 bits per heavy atom. The molecule has 4 amide bonds. The number of amides is 4. The number of alkyl carbamates (subject to hydrolysis) is 1. The van der Waals surface area contributed by atoms with Crippen LogP contribution in [0.4, 0.5) is 18.0 Å². The van der Waals surface area contributed by atoms with Gasteiger partial charge in [0.25, 0.3) is 5.91 Å². The van der Waals surface area contributed by atoms with Crippen LogP contribution in [0.5, 0.6) is 11.6 Å². The van der Waals surface area contributed by atoms with Crippen molar-refractivity contribution < 1.29 is 55.0 Å². The predicted octanol–water partition coefficient (Wildman–Crippen LogP) is 3.66. The third-order valence-corrected chi connectivity index (χ3v) is 13.1. The zero-order chi connectivity index (χ0) is 39.3. The van der Waals surface area contributed by atoms with E-state index < -0.39 is 92.5 Å². The van der Waals surface area contributed by atoms with Gasteiger partial charge >= 0.3 is 12.3 Å². The van der Waals surface area contributed by atoms with E-state index in [1.54, 1.807) is 6.08 Å². The molecule has 2 aromatic rings. The second kappa shape index (κ2) is 14.4. The van der Waals surface area contributed by atoms with Crippen molar-refractivity contribution in [3.63, 3.8) is 0 Å². The summed E-state index contributed by atoms with van der Waals surface area (Å²) >= 11 is 0. The molecule has 3 aliphatic carbocycles. The van der Waals surface area contributed by atoms with Crippen LogP contribution in [-0.2, 0) is 35.3 Å². The molecule has 298 valence electrons. The maximum absolute atomic E-state index is 14.4. The van der Waals surface area contributed by atoms with Gasteiger partial charge < -0.3 is 29.7 Å². The topological polar surface area (TPSA) is 195 Å². The molecule has 15 nitrogen and oxygen atoms in total. The maximum Gasteiger partial charge on any atom is 0.438 e. The van der Waals surface area contributed by atoms with Crippen LogP contribution in [0, 0.1) is 5.92 Å². The van der Waals surface area contributed by atoms with Gasteiger partial charge in [0, 0.05) is 18.4 Å². The molecule has 0 radical (unpaired) electrons. The summed E-state index contributed by atoms with van der Waals surface area (Å²) in [5.41, 5.74) is -3.12. The zero-order valence-corrected chi connectivity index (χ0v) is 31.1. The highest BCUT2D eigenvalue weighted by Crippen LogP contribution is 2.47. The summed E-state index contributed by atoms with van der Waals surface area (Å²) < 4.78 is 86.6. The minimum absolute atomic E-state index is 0.0400. The number of aromatic nitrogens is 2. The van der Waals surface area contributed by atoms with E-state index in [2.05, 4.69) is 25.3 Å². The lowest BCUT2D eigenvalue weighted by Crippen LogP contribution is -2.58. The molecule has 1 aromatic carbocycles.